The molecular weight excluding hydrogens is 172 g/mol. The Morgan fingerprint density at radius 1 is 1.36 bits per heavy atom. The second-order valence-electron chi connectivity index (χ2n) is 4.44. The van der Waals surface area contributed by atoms with E-state index in [0.29, 0.717) is 0 Å². The maximum absolute atomic E-state index is 3.54. The van der Waals surface area contributed by atoms with E-state index in [-0.39, 0.29) is 5.66 Å². The number of rotatable bonds is 0. The summed E-state index contributed by atoms with van der Waals surface area (Å²) in [4.78, 5) is 2.41. The predicted octanol–water partition coefficient (Wildman–Crippen LogP) is 2.68. The summed E-state index contributed by atoms with van der Waals surface area (Å²) in [6.45, 7) is 5.44. The van der Waals surface area contributed by atoms with Gasteiger partial charge in [-0.25, -0.2) is 0 Å². The Bertz CT molecular complexity index is 418. The van der Waals surface area contributed by atoms with E-state index in [1.807, 2.05) is 0 Å². The lowest BCUT2D eigenvalue weighted by Gasteiger charge is -2.34. The van der Waals surface area contributed by atoms with Crippen molar-refractivity contribution in [3.05, 3.63) is 29.8 Å². The van der Waals surface area contributed by atoms with E-state index in [4.69, 9.17) is 0 Å². The van der Waals surface area contributed by atoms with E-state index in [2.05, 4.69) is 54.4 Å². The molecule has 0 saturated heterocycles. The first kappa shape index (κ1) is 7.92. The second-order valence-corrected chi connectivity index (χ2v) is 4.44. The van der Waals surface area contributed by atoms with Crippen LogP contribution in [0.25, 0.3) is 6.08 Å². The van der Waals surface area contributed by atoms with Crippen molar-refractivity contribution < 1.29 is 0 Å². The van der Waals surface area contributed by atoms with Gasteiger partial charge in [0.2, 0.25) is 0 Å². The monoisotopic (exact) mass is 186 g/mol. The first-order chi connectivity index (χ1) is 6.68. The van der Waals surface area contributed by atoms with Crippen molar-refractivity contribution in [2.45, 2.75) is 19.5 Å². The van der Waals surface area contributed by atoms with Crippen LogP contribution in [0.4, 0.5) is 11.4 Å². The molecular formula is C12H14N2. The van der Waals surface area contributed by atoms with Crippen molar-refractivity contribution in [3.8, 4) is 0 Å². The third kappa shape index (κ3) is 0.857. The van der Waals surface area contributed by atoms with Gasteiger partial charge in [-0.05, 0) is 25.5 Å². The number of benzene rings is 1. The largest absolute Gasteiger partial charge is 0.361 e. The number of para-hydroxylation sites is 1. The lowest BCUT2D eigenvalue weighted by atomic mass is 10.1. The zero-order valence-electron chi connectivity index (χ0n) is 8.54. The van der Waals surface area contributed by atoms with Crippen LogP contribution in [0.2, 0.25) is 0 Å². The molecule has 2 aliphatic heterocycles. The van der Waals surface area contributed by atoms with Gasteiger partial charge in [0, 0.05) is 6.54 Å². The minimum atomic E-state index is 0.0448. The van der Waals surface area contributed by atoms with Crippen molar-refractivity contribution in [2.24, 2.45) is 0 Å². The van der Waals surface area contributed by atoms with Crippen molar-refractivity contribution in [1.82, 2.24) is 0 Å². The zero-order valence-corrected chi connectivity index (χ0v) is 8.54. The SMILES string of the molecule is CC1(C)Nc2cccc3c2N1CC=C3. The summed E-state index contributed by atoms with van der Waals surface area (Å²) in [5, 5.41) is 3.54. The van der Waals surface area contributed by atoms with Crippen LogP contribution in [0, 0.1) is 0 Å². The Hall–Kier alpha value is -1.44. The van der Waals surface area contributed by atoms with Gasteiger partial charge in [0.1, 0.15) is 5.66 Å². The highest BCUT2D eigenvalue weighted by molar-refractivity contribution is 5.87. The number of hydrogen-bond acceptors (Lipinski definition) is 2. The van der Waals surface area contributed by atoms with Crippen LogP contribution in [0.3, 0.4) is 0 Å². The number of nitrogens with zero attached hydrogens (tertiary/aromatic N) is 1. The smallest absolute Gasteiger partial charge is 0.105 e. The lowest BCUT2D eigenvalue weighted by Crippen LogP contribution is -2.46. The third-order valence-electron chi connectivity index (χ3n) is 3.04. The van der Waals surface area contributed by atoms with Crippen LogP contribution >= 0.6 is 0 Å². The fraction of sp³-hybridized carbons (Fsp3) is 0.333. The molecule has 0 aromatic heterocycles. The Kier molecular flexibility index (Phi) is 1.31. The van der Waals surface area contributed by atoms with Crippen molar-refractivity contribution >= 4 is 17.5 Å². The maximum Gasteiger partial charge on any atom is 0.105 e. The van der Waals surface area contributed by atoms with Gasteiger partial charge in [0.25, 0.3) is 0 Å². The van der Waals surface area contributed by atoms with E-state index >= 15 is 0 Å². The minimum Gasteiger partial charge on any atom is -0.361 e. The molecule has 1 aromatic rings. The van der Waals surface area contributed by atoms with Gasteiger partial charge < -0.3 is 10.2 Å². The summed E-state index contributed by atoms with van der Waals surface area (Å²) in [6, 6.07) is 6.43. The predicted molar refractivity (Wildman–Crippen MR) is 60.5 cm³/mol. The summed E-state index contributed by atoms with van der Waals surface area (Å²) in [5.41, 5.74) is 3.99. The fourth-order valence-corrected chi connectivity index (χ4v) is 2.38. The summed E-state index contributed by atoms with van der Waals surface area (Å²) in [6.07, 6.45) is 4.43. The molecule has 0 aliphatic carbocycles. The molecule has 2 heteroatoms. The zero-order chi connectivity index (χ0) is 9.76. The van der Waals surface area contributed by atoms with Crippen molar-refractivity contribution in [2.75, 3.05) is 16.8 Å². The normalized spacial score (nSPS) is 20.6. The highest BCUT2D eigenvalue weighted by atomic mass is 15.4. The van der Waals surface area contributed by atoms with Gasteiger partial charge >= 0.3 is 0 Å². The second kappa shape index (κ2) is 2.32. The Morgan fingerprint density at radius 3 is 3.07 bits per heavy atom. The molecule has 0 amide bonds. The fourth-order valence-electron chi connectivity index (χ4n) is 2.38. The summed E-state index contributed by atoms with van der Waals surface area (Å²) < 4.78 is 0. The van der Waals surface area contributed by atoms with E-state index < -0.39 is 0 Å². The standard InChI is InChI=1S/C12H14N2/c1-12(2)13-10-7-3-5-9-6-4-8-14(12)11(9)10/h3-7,13H,8H2,1-2H3. The molecule has 14 heavy (non-hydrogen) atoms. The molecule has 0 fully saturated rings. The van der Waals surface area contributed by atoms with Crippen molar-refractivity contribution in [3.63, 3.8) is 0 Å². The molecule has 72 valence electrons. The highest BCUT2D eigenvalue weighted by Crippen LogP contribution is 2.43. The first-order valence-corrected chi connectivity index (χ1v) is 5.04. The molecule has 0 saturated carbocycles. The average molecular weight is 186 g/mol. The minimum absolute atomic E-state index is 0.0448. The molecule has 2 aliphatic rings. The van der Waals surface area contributed by atoms with Crippen LogP contribution in [-0.2, 0) is 0 Å². The number of hydrogen-bond donors (Lipinski definition) is 1. The number of nitrogens with one attached hydrogen (secondary N) is 1. The van der Waals surface area contributed by atoms with Gasteiger partial charge in [0.15, 0.2) is 0 Å². The topological polar surface area (TPSA) is 15.3 Å². The van der Waals surface area contributed by atoms with Crippen LogP contribution in [-0.4, -0.2) is 12.2 Å². The van der Waals surface area contributed by atoms with Gasteiger partial charge in [-0.1, -0.05) is 24.3 Å². The van der Waals surface area contributed by atoms with Gasteiger partial charge in [-0.15, -0.1) is 0 Å². The van der Waals surface area contributed by atoms with E-state index in [9.17, 15) is 0 Å². The van der Waals surface area contributed by atoms with Gasteiger partial charge in [-0.2, -0.15) is 0 Å². The molecule has 0 spiro atoms. The molecule has 1 N–H and O–H groups in total. The molecule has 0 radical (unpaired) electrons. The molecule has 0 atom stereocenters. The Balaban J connectivity index is 2.26. The van der Waals surface area contributed by atoms with Gasteiger partial charge in [0.05, 0.1) is 11.4 Å². The number of anilines is 2. The molecule has 0 unspecified atom stereocenters. The summed E-state index contributed by atoms with van der Waals surface area (Å²) in [5.74, 6) is 0. The Labute approximate surface area is 84.2 Å². The maximum atomic E-state index is 3.54. The lowest BCUT2D eigenvalue weighted by molar-refractivity contribution is 0.560. The van der Waals surface area contributed by atoms with Crippen molar-refractivity contribution in [1.29, 1.82) is 0 Å². The molecule has 2 heterocycles. The molecule has 1 aromatic carbocycles. The van der Waals surface area contributed by atoms with E-state index in [1.54, 1.807) is 0 Å². The van der Waals surface area contributed by atoms with Crippen LogP contribution in [0.15, 0.2) is 24.3 Å². The third-order valence-corrected chi connectivity index (χ3v) is 3.04. The van der Waals surface area contributed by atoms with Crippen LogP contribution in [0.1, 0.15) is 19.4 Å². The highest BCUT2D eigenvalue weighted by Gasteiger charge is 2.36. The Morgan fingerprint density at radius 2 is 2.21 bits per heavy atom. The molecule has 3 rings (SSSR count). The van der Waals surface area contributed by atoms with E-state index in [1.165, 1.54) is 16.9 Å². The van der Waals surface area contributed by atoms with Crippen LogP contribution in [0.5, 0.6) is 0 Å². The molecule has 0 bridgehead atoms. The van der Waals surface area contributed by atoms with Crippen LogP contribution < -0.4 is 10.2 Å². The molecule has 2 nitrogen and oxygen atoms in total. The quantitative estimate of drug-likeness (QED) is 0.670. The van der Waals surface area contributed by atoms with E-state index in [0.717, 1.165) is 6.54 Å². The first-order valence-electron chi connectivity index (χ1n) is 5.04. The summed E-state index contributed by atoms with van der Waals surface area (Å²) >= 11 is 0. The average Bonchev–Trinajstić information content (AvgIpc) is 2.41. The summed E-state index contributed by atoms with van der Waals surface area (Å²) in [7, 11) is 0. The van der Waals surface area contributed by atoms with Gasteiger partial charge in [-0.3, -0.25) is 0 Å².